The zero-order valence-corrected chi connectivity index (χ0v) is 14.5. The first kappa shape index (κ1) is 20.3. The third-order valence-corrected chi connectivity index (χ3v) is 3.87. The molecule has 1 amide bonds. The van der Waals surface area contributed by atoms with Crippen molar-refractivity contribution in [1.82, 2.24) is 5.32 Å². The topological polar surface area (TPSA) is 113 Å². The number of ether oxygens (including phenoxy) is 1. The highest BCUT2D eigenvalue weighted by atomic mass is 32.3. The molecule has 1 rings (SSSR count). The molecule has 0 aliphatic rings. The largest absolute Gasteiger partial charge is 0.444 e. The molecular formula is C15H22FNO6S. The molecule has 1 aromatic rings. The molecular weight excluding hydrogens is 341 g/mol. The van der Waals surface area contributed by atoms with E-state index in [1.807, 2.05) is 0 Å². The van der Waals surface area contributed by atoms with E-state index in [1.165, 1.54) is 18.2 Å². The first-order valence-corrected chi connectivity index (χ1v) is 8.67. The smallest absolute Gasteiger partial charge is 0.407 e. The summed E-state index contributed by atoms with van der Waals surface area (Å²) < 4.78 is 40.4. The van der Waals surface area contributed by atoms with E-state index in [1.54, 1.807) is 20.8 Å². The van der Waals surface area contributed by atoms with E-state index in [2.05, 4.69) is 5.32 Å². The van der Waals surface area contributed by atoms with Crippen molar-refractivity contribution in [2.45, 2.75) is 49.9 Å². The van der Waals surface area contributed by atoms with Gasteiger partial charge in [0.05, 0.1) is 6.10 Å². The number of aliphatic hydroxyl groups excluding tert-OH is 2. The van der Waals surface area contributed by atoms with Gasteiger partial charge in [-0.2, -0.15) is 8.42 Å². The van der Waals surface area contributed by atoms with Crippen LogP contribution in [0.5, 0.6) is 0 Å². The second-order valence-corrected chi connectivity index (χ2v) is 7.52. The zero-order chi connectivity index (χ0) is 18.5. The minimum atomic E-state index is -5.03. The van der Waals surface area contributed by atoms with E-state index in [-0.39, 0.29) is 18.5 Å². The van der Waals surface area contributed by atoms with E-state index in [0.29, 0.717) is 0 Å². The van der Waals surface area contributed by atoms with Gasteiger partial charge in [-0.15, -0.1) is 3.89 Å². The third kappa shape index (κ3) is 6.42. The molecule has 2 unspecified atom stereocenters. The fraction of sp³-hybridized carbons (Fsp3) is 0.533. The van der Waals surface area contributed by atoms with E-state index >= 15 is 0 Å². The molecule has 9 heteroatoms. The molecule has 136 valence electrons. The van der Waals surface area contributed by atoms with Crippen LogP contribution in [0, 0.1) is 0 Å². The molecule has 0 aliphatic carbocycles. The molecule has 2 atom stereocenters. The molecule has 3 N–H and O–H groups in total. The van der Waals surface area contributed by atoms with Gasteiger partial charge in [-0.25, -0.2) is 4.79 Å². The van der Waals surface area contributed by atoms with Gasteiger partial charge in [-0.3, -0.25) is 0 Å². The Morgan fingerprint density at radius 2 is 1.88 bits per heavy atom. The van der Waals surface area contributed by atoms with Crippen LogP contribution in [-0.2, 0) is 15.0 Å². The highest BCUT2D eigenvalue weighted by Crippen LogP contribution is 2.27. The summed E-state index contributed by atoms with van der Waals surface area (Å²) in [5.41, 5.74) is -0.916. The normalized spacial score (nSPS) is 14.8. The number of carbonyl (C=O) groups is 1. The Labute approximate surface area is 140 Å². The van der Waals surface area contributed by atoms with Crippen molar-refractivity contribution >= 4 is 16.3 Å². The molecule has 0 saturated carbocycles. The van der Waals surface area contributed by atoms with Crippen LogP contribution in [0.3, 0.4) is 0 Å². The number of halogens is 1. The van der Waals surface area contributed by atoms with Crippen LogP contribution in [-0.4, -0.2) is 43.0 Å². The van der Waals surface area contributed by atoms with Crippen molar-refractivity contribution in [2.75, 3.05) is 6.54 Å². The lowest BCUT2D eigenvalue weighted by atomic mass is 10.0. The van der Waals surface area contributed by atoms with E-state index in [4.69, 9.17) is 4.74 Å². The van der Waals surface area contributed by atoms with Crippen LogP contribution in [0.15, 0.2) is 29.2 Å². The number of alkyl carbamates (subject to hydrolysis) is 1. The van der Waals surface area contributed by atoms with Crippen LogP contribution in [0.25, 0.3) is 0 Å². The lowest BCUT2D eigenvalue weighted by Crippen LogP contribution is -2.34. The van der Waals surface area contributed by atoms with E-state index < -0.39 is 39.0 Å². The molecule has 0 radical (unpaired) electrons. The number of nitrogens with one attached hydrogen (secondary N) is 1. The van der Waals surface area contributed by atoms with Gasteiger partial charge >= 0.3 is 16.3 Å². The lowest BCUT2D eigenvalue weighted by molar-refractivity contribution is 0.0108. The van der Waals surface area contributed by atoms with Gasteiger partial charge < -0.3 is 20.3 Å². The fourth-order valence-electron chi connectivity index (χ4n) is 1.95. The van der Waals surface area contributed by atoms with Crippen LogP contribution >= 0.6 is 0 Å². The Bertz CT molecular complexity index is 671. The Balaban J connectivity index is 2.67. The maximum absolute atomic E-state index is 13.2. The summed E-state index contributed by atoms with van der Waals surface area (Å²) in [4.78, 5) is 10.8. The van der Waals surface area contributed by atoms with Gasteiger partial charge in [0.15, 0.2) is 0 Å². The van der Waals surface area contributed by atoms with Crippen molar-refractivity contribution in [1.29, 1.82) is 0 Å². The van der Waals surface area contributed by atoms with E-state index in [0.717, 1.165) is 6.07 Å². The molecule has 0 aliphatic heterocycles. The minimum absolute atomic E-state index is 0.0162. The predicted octanol–water partition coefficient (Wildman–Crippen LogP) is 1.65. The summed E-state index contributed by atoms with van der Waals surface area (Å²) in [6.07, 6.45) is -3.79. The molecule has 0 heterocycles. The molecule has 1 aromatic carbocycles. The molecule has 24 heavy (non-hydrogen) atoms. The quantitative estimate of drug-likeness (QED) is 0.663. The number of amides is 1. The van der Waals surface area contributed by atoms with Crippen molar-refractivity contribution in [3.63, 3.8) is 0 Å². The molecule has 0 bridgehead atoms. The number of carbonyl (C=O) groups excluding carboxylic acids is 1. The number of rotatable bonds is 6. The first-order chi connectivity index (χ1) is 10.9. The van der Waals surface area contributed by atoms with Gasteiger partial charge in [0, 0.05) is 12.1 Å². The second kappa shape index (κ2) is 7.91. The molecule has 7 nitrogen and oxygen atoms in total. The number of hydrogen-bond acceptors (Lipinski definition) is 6. The van der Waals surface area contributed by atoms with Gasteiger partial charge in [0.25, 0.3) is 0 Å². The first-order valence-electron chi connectivity index (χ1n) is 7.28. The predicted molar refractivity (Wildman–Crippen MR) is 84.6 cm³/mol. The van der Waals surface area contributed by atoms with Crippen LogP contribution in [0.4, 0.5) is 8.68 Å². The van der Waals surface area contributed by atoms with Gasteiger partial charge in [-0.05, 0) is 33.3 Å². The van der Waals surface area contributed by atoms with Crippen molar-refractivity contribution < 1.29 is 32.0 Å². The molecule has 0 aromatic heterocycles. The highest BCUT2D eigenvalue weighted by Gasteiger charge is 2.26. The highest BCUT2D eigenvalue weighted by molar-refractivity contribution is 7.86. The fourth-order valence-corrected chi connectivity index (χ4v) is 2.66. The standard InChI is InChI=1S/C15H22FNO6S/c1-15(2,3)23-14(20)17-9-8-11(18)13(19)10-6-4-5-7-12(10)24(16,21)22/h4-7,11,13,18-19H,8-9H2,1-3H3,(H,17,20). The summed E-state index contributed by atoms with van der Waals surface area (Å²) in [5.74, 6) is 0. The van der Waals surface area contributed by atoms with Crippen molar-refractivity contribution in [3.05, 3.63) is 29.8 Å². The maximum atomic E-state index is 13.2. The summed E-state index contributed by atoms with van der Waals surface area (Å²) >= 11 is 0. The summed E-state index contributed by atoms with van der Waals surface area (Å²) in [5, 5.41) is 22.4. The Morgan fingerprint density at radius 3 is 2.42 bits per heavy atom. The zero-order valence-electron chi connectivity index (χ0n) is 13.7. The lowest BCUT2D eigenvalue weighted by Gasteiger charge is -2.21. The summed E-state index contributed by atoms with van der Waals surface area (Å²) in [6.45, 7) is 5.07. The van der Waals surface area contributed by atoms with E-state index in [9.17, 15) is 27.3 Å². The van der Waals surface area contributed by atoms with Gasteiger partial charge in [-0.1, -0.05) is 18.2 Å². The Kier molecular flexibility index (Phi) is 6.70. The average molecular weight is 363 g/mol. The van der Waals surface area contributed by atoms with Crippen molar-refractivity contribution in [2.24, 2.45) is 0 Å². The molecule has 0 fully saturated rings. The third-order valence-electron chi connectivity index (χ3n) is 2.97. The number of aliphatic hydroxyl groups is 2. The van der Waals surface area contributed by atoms with Crippen LogP contribution in [0.2, 0.25) is 0 Å². The van der Waals surface area contributed by atoms with Crippen molar-refractivity contribution in [3.8, 4) is 0 Å². The Morgan fingerprint density at radius 1 is 1.29 bits per heavy atom. The molecule has 0 spiro atoms. The monoisotopic (exact) mass is 363 g/mol. The second-order valence-electron chi connectivity index (χ2n) is 6.21. The van der Waals surface area contributed by atoms with Gasteiger partial charge in [0.2, 0.25) is 0 Å². The Hall–Kier alpha value is -1.71. The van der Waals surface area contributed by atoms with Crippen LogP contribution in [0.1, 0.15) is 38.9 Å². The van der Waals surface area contributed by atoms with Gasteiger partial charge in [0.1, 0.15) is 16.6 Å². The average Bonchev–Trinajstić information content (AvgIpc) is 2.43. The summed E-state index contributed by atoms with van der Waals surface area (Å²) in [6, 6.07) is 4.93. The maximum Gasteiger partial charge on any atom is 0.407 e. The number of benzene rings is 1. The minimum Gasteiger partial charge on any atom is -0.444 e. The number of hydrogen-bond donors (Lipinski definition) is 3. The summed E-state index contributed by atoms with van der Waals surface area (Å²) in [7, 11) is -5.03. The van der Waals surface area contributed by atoms with Crippen LogP contribution < -0.4 is 5.32 Å². The molecule has 0 saturated heterocycles. The SMILES string of the molecule is CC(C)(C)OC(=O)NCCC(O)C(O)c1ccccc1S(=O)(=O)F.